The van der Waals surface area contributed by atoms with Crippen LogP contribution in [0.5, 0.6) is 23.5 Å². The molecule has 2 aromatic rings. The lowest BCUT2D eigenvalue weighted by Crippen LogP contribution is -2.01. The summed E-state index contributed by atoms with van der Waals surface area (Å²) < 4.78 is 20.5. The van der Waals surface area contributed by atoms with Crippen LogP contribution in [0.2, 0.25) is 0 Å². The Kier molecular flexibility index (Phi) is 4.19. The van der Waals surface area contributed by atoms with Crippen molar-refractivity contribution in [3.05, 3.63) is 18.2 Å². The summed E-state index contributed by atoms with van der Waals surface area (Å²) in [5, 5.41) is 0. The molecule has 0 saturated heterocycles. The lowest BCUT2D eigenvalue weighted by atomic mass is 10.2. The normalized spacial score (nSPS) is 10.0. The van der Waals surface area contributed by atoms with E-state index in [2.05, 4.69) is 15.0 Å². The minimum absolute atomic E-state index is 0.182. The van der Waals surface area contributed by atoms with Gasteiger partial charge < -0.3 is 18.9 Å². The van der Waals surface area contributed by atoms with Gasteiger partial charge in [0.2, 0.25) is 0 Å². The molecular weight excluding hydrogens is 262 g/mol. The molecule has 7 nitrogen and oxygen atoms in total. The van der Waals surface area contributed by atoms with Crippen molar-refractivity contribution < 1.29 is 18.9 Å². The first-order valence-electron chi connectivity index (χ1n) is 5.78. The Hall–Kier alpha value is -2.57. The summed E-state index contributed by atoms with van der Waals surface area (Å²) in [6, 6.07) is 5.72. The van der Waals surface area contributed by atoms with E-state index in [1.165, 1.54) is 14.2 Å². The summed E-state index contributed by atoms with van der Waals surface area (Å²) in [7, 11) is 6.10. The Morgan fingerprint density at radius 2 is 1.30 bits per heavy atom. The molecule has 0 unspecified atom stereocenters. The molecule has 1 heterocycles. The molecule has 0 aliphatic rings. The van der Waals surface area contributed by atoms with Crippen molar-refractivity contribution in [3.63, 3.8) is 0 Å². The molecule has 0 N–H and O–H groups in total. The van der Waals surface area contributed by atoms with E-state index in [0.717, 1.165) is 5.56 Å². The monoisotopic (exact) mass is 277 g/mol. The SMILES string of the molecule is COc1nc(OC)nc(-c2ccc(OC)c(OC)c2)n1. The van der Waals surface area contributed by atoms with E-state index < -0.39 is 0 Å². The molecule has 7 heteroatoms. The molecule has 0 radical (unpaired) electrons. The van der Waals surface area contributed by atoms with E-state index in [1.807, 2.05) is 6.07 Å². The first-order valence-corrected chi connectivity index (χ1v) is 5.78. The third-order valence-corrected chi connectivity index (χ3v) is 2.60. The number of nitrogens with zero attached hydrogens (tertiary/aromatic N) is 3. The predicted octanol–water partition coefficient (Wildman–Crippen LogP) is 1.57. The summed E-state index contributed by atoms with van der Waals surface area (Å²) in [5.74, 6) is 1.64. The van der Waals surface area contributed by atoms with E-state index in [9.17, 15) is 0 Å². The van der Waals surface area contributed by atoms with Crippen LogP contribution in [0.25, 0.3) is 11.4 Å². The number of methoxy groups -OCH3 is 4. The van der Waals surface area contributed by atoms with E-state index in [4.69, 9.17) is 18.9 Å². The maximum atomic E-state index is 5.25. The van der Waals surface area contributed by atoms with Gasteiger partial charge in [0.25, 0.3) is 0 Å². The maximum Gasteiger partial charge on any atom is 0.322 e. The van der Waals surface area contributed by atoms with E-state index >= 15 is 0 Å². The molecule has 0 saturated carbocycles. The van der Waals surface area contributed by atoms with Crippen molar-refractivity contribution in [2.75, 3.05) is 28.4 Å². The van der Waals surface area contributed by atoms with Crippen LogP contribution in [0.3, 0.4) is 0 Å². The van der Waals surface area contributed by atoms with Gasteiger partial charge in [-0.2, -0.15) is 9.97 Å². The van der Waals surface area contributed by atoms with Gasteiger partial charge in [0.15, 0.2) is 17.3 Å². The van der Waals surface area contributed by atoms with Gasteiger partial charge in [-0.25, -0.2) is 0 Å². The number of aromatic nitrogens is 3. The molecule has 2 rings (SSSR count). The third kappa shape index (κ3) is 2.71. The first kappa shape index (κ1) is 13.9. The molecule has 20 heavy (non-hydrogen) atoms. The fourth-order valence-electron chi connectivity index (χ4n) is 1.62. The minimum atomic E-state index is 0.182. The fraction of sp³-hybridized carbons (Fsp3) is 0.308. The minimum Gasteiger partial charge on any atom is -0.493 e. The van der Waals surface area contributed by atoms with Gasteiger partial charge in [-0.1, -0.05) is 0 Å². The van der Waals surface area contributed by atoms with Crippen LogP contribution in [-0.4, -0.2) is 43.4 Å². The first-order chi connectivity index (χ1) is 9.71. The molecule has 0 fully saturated rings. The van der Waals surface area contributed by atoms with Gasteiger partial charge in [0.05, 0.1) is 28.4 Å². The summed E-state index contributed by atoms with van der Waals surface area (Å²) in [6.45, 7) is 0. The topological polar surface area (TPSA) is 75.6 Å². The Morgan fingerprint density at radius 3 is 1.80 bits per heavy atom. The molecular formula is C13H15N3O4. The van der Waals surface area contributed by atoms with Crippen LogP contribution >= 0.6 is 0 Å². The number of benzene rings is 1. The van der Waals surface area contributed by atoms with Crippen molar-refractivity contribution in [2.24, 2.45) is 0 Å². The zero-order valence-corrected chi connectivity index (χ0v) is 11.7. The fourth-order valence-corrected chi connectivity index (χ4v) is 1.62. The van der Waals surface area contributed by atoms with Crippen molar-refractivity contribution >= 4 is 0 Å². The highest BCUT2D eigenvalue weighted by Crippen LogP contribution is 2.31. The van der Waals surface area contributed by atoms with Gasteiger partial charge in [-0.3, -0.25) is 0 Å². The van der Waals surface area contributed by atoms with Crippen molar-refractivity contribution in [1.29, 1.82) is 0 Å². The van der Waals surface area contributed by atoms with Gasteiger partial charge >= 0.3 is 12.0 Å². The highest BCUT2D eigenvalue weighted by atomic mass is 16.5. The number of hydrogen-bond acceptors (Lipinski definition) is 7. The number of ether oxygens (including phenoxy) is 4. The molecule has 1 aromatic carbocycles. The molecule has 0 bridgehead atoms. The number of rotatable bonds is 5. The largest absolute Gasteiger partial charge is 0.493 e. The predicted molar refractivity (Wildman–Crippen MR) is 71.5 cm³/mol. The number of hydrogen-bond donors (Lipinski definition) is 0. The Morgan fingerprint density at radius 1 is 0.700 bits per heavy atom. The second-order valence-electron chi connectivity index (χ2n) is 3.70. The van der Waals surface area contributed by atoms with Crippen LogP contribution in [-0.2, 0) is 0 Å². The van der Waals surface area contributed by atoms with Gasteiger partial charge in [0.1, 0.15) is 0 Å². The smallest absolute Gasteiger partial charge is 0.322 e. The summed E-state index contributed by atoms with van der Waals surface area (Å²) in [5.41, 5.74) is 0.738. The van der Waals surface area contributed by atoms with E-state index in [1.54, 1.807) is 26.4 Å². The van der Waals surface area contributed by atoms with E-state index in [0.29, 0.717) is 17.3 Å². The molecule has 106 valence electrons. The van der Waals surface area contributed by atoms with Crippen LogP contribution < -0.4 is 18.9 Å². The molecule has 0 atom stereocenters. The quantitative estimate of drug-likeness (QED) is 0.821. The van der Waals surface area contributed by atoms with Crippen molar-refractivity contribution in [2.45, 2.75) is 0 Å². The zero-order chi connectivity index (χ0) is 14.5. The molecule has 0 aliphatic carbocycles. The van der Waals surface area contributed by atoms with Crippen LogP contribution in [0.1, 0.15) is 0 Å². The third-order valence-electron chi connectivity index (χ3n) is 2.60. The Labute approximate surface area is 116 Å². The zero-order valence-electron chi connectivity index (χ0n) is 11.7. The van der Waals surface area contributed by atoms with E-state index in [-0.39, 0.29) is 12.0 Å². The Balaban J connectivity index is 2.50. The highest BCUT2D eigenvalue weighted by Gasteiger charge is 2.12. The lowest BCUT2D eigenvalue weighted by molar-refractivity contribution is 0.341. The Bertz CT molecular complexity index is 582. The maximum absolute atomic E-state index is 5.25. The average molecular weight is 277 g/mol. The van der Waals surface area contributed by atoms with Crippen molar-refractivity contribution in [1.82, 2.24) is 15.0 Å². The van der Waals surface area contributed by atoms with Crippen molar-refractivity contribution in [3.8, 4) is 34.9 Å². The second-order valence-corrected chi connectivity index (χ2v) is 3.70. The van der Waals surface area contributed by atoms with Crippen LogP contribution in [0.15, 0.2) is 18.2 Å². The van der Waals surface area contributed by atoms with Crippen LogP contribution in [0.4, 0.5) is 0 Å². The summed E-state index contributed by atoms with van der Waals surface area (Å²) >= 11 is 0. The molecule has 0 spiro atoms. The molecule has 0 amide bonds. The van der Waals surface area contributed by atoms with Gasteiger partial charge in [-0.15, -0.1) is 4.98 Å². The van der Waals surface area contributed by atoms with Gasteiger partial charge in [0, 0.05) is 5.56 Å². The van der Waals surface area contributed by atoms with Crippen LogP contribution in [0, 0.1) is 0 Å². The lowest BCUT2D eigenvalue weighted by Gasteiger charge is -2.09. The highest BCUT2D eigenvalue weighted by molar-refractivity contribution is 5.61. The van der Waals surface area contributed by atoms with Gasteiger partial charge in [-0.05, 0) is 18.2 Å². The summed E-state index contributed by atoms with van der Waals surface area (Å²) in [6.07, 6.45) is 0. The second kappa shape index (κ2) is 6.05. The summed E-state index contributed by atoms with van der Waals surface area (Å²) in [4.78, 5) is 12.3. The standard InChI is InChI=1S/C13H15N3O4/c1-17-9-6-5-8(7-10(9)18-2)11-14-12(19-3)16-13(15-11)20-4/h5-7H,1-4H3. The molecule has 1 aromatic heterocycles. The average Bonchev–Trinajstić information content (AvgIpc) is 2.53. The molecule has 0 aliphatic heterocycles.